The second kappa shape index (κ2) is 11.6. The second-order valence-electron chi connectivity index (χ2n) is 7.81. The van der Waals surface area contributed by atoms with Gasteiger partial charge in [0.05, 0.1) is 20.3 Å². The highest BCUT2D eigenvalue weighted by molar-refractivity contribution is 9.10. The van der Waals surface area contributed by atoms with E-state index in [1.54, 1.807) is 25.6 Å². The van der Waals surface area contributed by atoms with Crippen molar-refractivity contribution in [1.29, 1.82) is 0 Å². The molecular weight excluding hydrogens is 446 g/mol. The van der Waals surface area contributed by atoms with Gasteiger partial charge in [-0.3, -0.25) is 4.90 Å². The van der Waals surface area contributed by atoms with Gasteiger partial charge in [0.1, 0.15) is 0 Å². The van der Waals surface area contributed by atoms with E-state index in [1.807, 2.05) is 6.07 Å². The number of rotatable bonds is 9. The molecule has 0 aliphatic heterocycles. The molecule has 3 nitrogen and oxygen atoms in total. The molecule has 0 saturated carbocycles. The topological polar surface area (TPSA) is 21.7 Å². The van der Waals surface area contributed by atoms with Gasteiger partial charge in [0.2, 0.25) is 0 Å². The van der Waals surface area contributed by atoms with Crippen LogP contribution in [0.2, 0.25) is 0 Å². The number of methoxy groups -OCH3 is 2. The van der Waals surface area contributed by atoms with Crippen LogP contribution in [0.1, 0.15) is 45.2 Å². The molecule has 0 bridgehead atoms. The zero-order valence-corrected chi connectivity index (χ0v) is 20.7. The van der Waals surface area contributed by atoms with E-state index in [-0.39, 0.29) is 6.04 Å². The van der Waals surface area contributed by atoms with Crippen LogP contribution in [0.15, 0.2) is 33.4 Å². The SMILES string of the molecule is COc1cc(Br)c(CCN(C(C)C)C(C#Cc2ccsc2)CC(C)C)cc1OC. The highest BCUT2D eigenvalue weighted by Gasteiger charge is 2.21. The van der Waals surface area contributed by atoms with Crippen molar-refractivity contribution in [2.45, 2.75) is 52.6 Å². The molecule has 5 heteroatoms. The van der Waals surface area contributed by atoms with Crippen LogP contribution >= 0.6 is 27.3 Å². The van der Waals surface area contributed by atoms with Crippen molar-refractivity contribution in [3.8, 4) is 23.3 Å². The predicted molar refractivity (Wildman–Crippen MR) is 127 cm³/mol. The quantitative estimate of drug-likeness (QED) is 0.398. The Morgan fingerprint density at radius 1 is 1.10 bits per heavy atom. The summed E-state index contributed by atoms with van der Waals surface area (Å²) in [5.74, 6) is 9.02. The summed E-state index contributed by atoms with van der Waals surface area (Å²) in [6, 6.07) is 6.78. The second-order valence-corrected chi connectivity index (χ2v) is 9.44. The van der Waals surface area contributed by atoms with Crippen LogP contribution in [-0.4, -0.2) is 37.7 Å². The van der Waals surface area contributed by atoms with Crippen LogP contribution in [0.25, 0.3) is 0 Å². The first-order valence-electron chi connectivity index (χ1n) is 10.1. The number of hydrogen-bond acceptors (Lipinski definition) is 4. The van der Waals surface area contributed by atoms with Gasteiger partial charge < -0.3 is 9.47 Å². The molecule has 2 rings (SSSR count). The van der Waals surface area contributed by atoms with Crippen LogP contribution < -0.4 is 9.47 Å². The average molecular weight is 478 g/mol. The third kappa shape index (κ3) is 7.06. The molecule has 1 aromatic heterocycles. The van der Waals surface area contributed by atoms with Gasteiger partial charge in [0.25, 0.3) is 0 Å². The zero-order valence-electron chi connectivity index (χ0n) is 18.3. The largest absolute Gasteiger partial charge is 0.493 e. The predicted octanol–water partition coefficient (Wildman–Crippen LogP) is 6.25. The molecular formula is C24H32BrNO2S. The number of hydrogen-bond donors (Lipinski definition) is 0. The van der Waals surface area contributed by atoms with E-state index in [9.17, 15) is 0 Å². The monoisotopic (exact) mass is 477 g/mol. The van der Waals surface area contributed by atoms with Crippen LogP contribution in [0.4, 0.5) is 0 Å². The fourth-order valence-electron chi connectivity index (χ4n) is 3.34. The minimum Gasteiger partial charge on any atom is -0.493 e. The molecule has 0 aliphatic rings. The molecule has 1 unspecified atom stereocenters. The van der Waals surface area contributed by atoms with Crippen molar-refractivity contribution in [2.75, 3.05) is 20.8 Å². The first kappa shape index (κ1) is 23.8. The van der Waals surface area contributed by atoms with Crippen molar-refractivity contribution in [1.82, 2.24) is 4.90 Å². The van der Waals surface area contributed by atoms with Gasteiger partial charge in [-0.2, -0.15) is 11.3 Å². The first-order chi connectivity index (χ1) is 13.8. The molecule has 0 saturated heterocycles. The Bertz CT molecular complexity index is 821. The third-order valence-electron chi connectivity index (χ3n) is 4.85. The van der Waals surface area contributed by atoms with Gasteiger partial charge in [0, 0.05) is 28.0 Å². The molecule has 1 atom stereocenters. The van der Waals surface area contributed by atoms with Crippen LogP contribution in [0.5, 0.6) is 11.5 Å². The molecule has 158 valence electrons. The molecule has 0 fully saturated rings. The van der Waals surface area contributed by atoms with Gasteiger partial charge in [-0.15, -0.1) is 0 Å². The van der Waals surface area contributed by atoms with E-state index < -0.39 is 0 Å². The van der Waals surface area contributed by atoms with Gasteiger partial charge >= 0.3 is 0 Å². The van der Waals surface area contributed by atoms with Gasteiger partial charge in [0.15, 0.2) is 11.5 Å². The normalized spacial score (nSPS) is 12.2. The van der Waals surface area contributed by atoms with Crippen molar-refractivity contribution >= 4 is 27.3 Å². The number of benzene rings is 1. The van der Waals surface area contributed by atoms with Crippen LogP contribution in [0.3, 0.4) is 0 Å². The summed E-state index contributed by atoms with van der Waals surface area (Å²) < 4.78 is 11.9. The fraction of sp³-hybridized carbons (Fsp3) is 0.500. The molecule has 0 spiro atoms. The van der Waals surface area contributed by atoms with Gasteiger partial charge in [-0.05, 0) is 61.7 Å². The summed E-state index contributed by atoms with van der Waals surface area (Å²) in [5.41, 5.74) is 2.32. The Morgan fingerprint density at radius 2 is 1.79 bits per heavy atom. The Kier molecular flexibility index (Phi) is 9.55. The van der Waals surface area contributed by atoms with Gasteiger partial charge in [-0.25, -0.2) is 0 Å². The molecule has 1 aromatic carbocycles. The molecule has 0 aliphatic carbocycles. The minimum atomic E-state index is 0.230. The Balaban J connectivity index is 2.22. The van der Waals surface area contributed by atoms with E-state index in [0.717, 1.165) is 40.9 Å². The van der Waals surface area contributed by atoms with E-state index in [1.165, 1.54) is 5.56 Å². The van der Waals surface area contributed by atoms with Crippen LogP contribution in [0, 0.1) is 17.8 Å². The first-order valence-corrected chi connectivity index (χ1v) is 11.8. The molecule has 0 radical (unpaired) electrons. The van der Waals surface area contributed by atoms with Crippen molar-refractivity contribution in [3.63, 3.8) is 0 Å². The molecule has 29 heavy (non-hydrogen) atoms. The standard InChI is InChI=1S/C24H32BrNO2S/c1-17(2)13-21(8-7-19-10-12-29-16-19)26(18(3)4)11-9-20-14-23(27-5)24(28-6)15-22(20)25/h10,12,14-18,21H,9,11,13H2,1-6H3. The van der Waals surface area contributed by atoms with E-state index in [2.05, 4.69) is 83.3 Å². The molecule has 1 heterocycles. The summed E-state index contributed by atoms with van der Waals surface area (Å²) in [7, 11) is 3.34. The third-order valence-corrected chi connectivity index (χ3v) is 6.28. The number of ether oxygens (including phenoxy) is 2. The number of halogens is 1. The lowest BCUT2D eigenvalue weighted by Crippen LogP contribution is -2.41. The lowest BCUT2D eigenvalue weighted by molar-refractivity contribution is 0.171. The maximum absolute atomic E-state index is 5.49. The van der Waals surface area contributed by atoms with E-state index in [0.29, 0.717) is 12.0 Å². The zero-order chi connectivity index (χ0) is 21.4. The highest BCUT2D eigenvalue weighted by atomic mass is 79.9. The summed E-state index contributed by atoms with van der Waals surface area (Å²) in [6.07, 6.45) is 1.97. The fourth-order valence-corrected chi connectivity index (χ4v) is 4.45. The minimum absolute atomic E-state index is 0.230. The van der Waals surface area contributed by atoms with E-state index >= 15 is 0 Å². The maximum atomic E-state index is 5.49. The van der Waals surface area contributed by atoms with Gasteiger partial charge in [-0.1, -0.05) is 41.6 Å². The van der Waals surface area contributed by atoms with Crippen molar-refractivity contribution in [3.05, 3.63) is 44.6 Å². The summed E-state index contributed by atoms with van der Waals surface area (Å²) >= 11 is 5.38. The van der Waals surface area contributed by atoms with Crippen molar-refractivity contribution in [2.24, 2.45) is 5.92 Å². The number of nitrogens with zero attached hydrogens (tertiary/aromatic N) is 1. The summed E-state index contributed by atoms with van der Waals surface area (Å²) in [5, 5.41) is 4.19. The Morgan fingerprint density at radius 3 is 2.34 bits per heavy atom. The Hall–Kier alpha value is -1.48. The average Bonchev–Trinajstić information content (AvgIpc) is 3.19. The molecule has 0 N–H and O–H groups in total. The number of thiophene rings is 1. The summed E-state index contributed by atoms with van der Waals surface area (Å²) in [6.45, 7) is 9.97. The maximum Gasteiger partial charge on any atom is 0.161 e. The molecule has 0 amide bonds. The molecule has 2 aromatic rings. The smallest absolute Gasteiger partial charge is 0.161 e. The Labute approximate surface area is 188 Å². The lowest BCUT2D eigenvalue weighted by Gasteiger charge is -2.33. The van der Waals surface area contributed by atoms with Crippen LogP contribution in [-0.2, 0) is 6.42 Å². The van der Waals surface area contributed by atoms with Crippen molar-refractivity contribution < 1.29 is 9.47 Å². The lowest BCUT2D eigenvalue weighted by atomic mass is 10.00. The van der Waals surface area contributed by atoms with E-state index in [4.69, 9.17) is 9.47 Å². The highest BCUT2D eigenvalue weighted by Crippen LogP contribution is 2.33. The summed E-state index contributed by atoms with van der Waals surface area (Å²) in [4.78, 5) is 2.52.